The van der Waals surface area contributed by atoms with Crippen LogP contribution in [0.2, 0.25) is 25.1 Å². The zero-order valence-electron chi connectivity index (χ0n) is 83.0. The Morgan fingerprint density at radius 3 is 0.986 bits per heavy atom. The van der Waals surface area contributed by atoms with E-state index in [1.807, 2.05) is 123 Å². The van der Waals surface area contributed by atoms with Crippen LogP contribution in [0.1, 0.15) is 184 Å². The summed E-state index contributed by atoms with van der Waals surface area (Å²) in [4.78, 5) is 78.9. The predicted octanol–water partition coefficient (Wildman–Crippen LogP) is 27.5. The summed E-state index contributed by atoms with van der Waals surface area (Å²) in [6, 6.07) is 22.0. The van der Waals surface area contributed by atoms with Gasteiger partial charge in [0.25, 0.3) is 0 Å². The molecule has 15 aromatic rings. The minimum absolute atomic E-state index is 0.0380. The second-order valence-electron chi connectivity index (χ2n) is 38.8. The topological polar surface area (TPSA) is 270 Å². The lowest BCUT2D eigenvalue weighted by atomic mass is 9.91. The Balaban J connectivity index is 0.000000129. The molecule has 738 valence electrons. The van der Waals surface area contributed by atoms with Gasteiger partial charge >= 0.3 is 0 Å². The van der Waals surface area contributed by atoms with Gasteiger partial charge in [-0.1, -0.05) is 58.0 Å². The smallest absolute Gasteiger partial charge is 0.222 e. The van der Waals surface area contributed by atoms with Crippen molar-refractivity contribution in [3.8, 4) is 55.6 Å². The van der Waals surface area contributed by atoms with Gasteiger partial charge < -0.3 is 49.4 Å². The summed E-state index contributed by atoms with van der Waals surface area (Å²) in [6.45, 7) is 61.5. The highest BCUT2D eigenvalue weighted by Crippen LogP contribution is 2.50. The van der Waals surface area contributed by atoms with E-state index in [0.717, 1.165) is 255 Å². The predicted molar refractivity (Wildman–Crippen MR) is 581 cm³/mol. The third-order valence-corrected chi connectivity index (χ3v) is 32.8. The van der Waals surface area contributed by atoms with E-state index in [1.165, 1.54) is 12.5 Å². The zero-order valence-corrected chi connectivity index (χ0v) is 87.6. The number of likely N-dealkylation sites (N-methyl/N-ethyl adjacent to an activating group) is 1. The molecular weight excluding hydrogens is 1930 g/mol. The van der Waals surface area contributed by atoms with Crippen LogP contribution in [0, 0.1) is 95.2 Å². The highest BCUT2D eigenvalue weighted by Gasteiger charge is 2.34. The monoisotopic (exact) mass is 2040 g/mol. The number of hydrogen-bond donors (Lipinski definition) is 3. The second-order valence-corrected chi connectivity index (χ2v) is 42.7. The lowest BCUT2D eigenvalue weighted by Crippen LogP contribution is -2.39. The number of carbonyl (C=O) groups excluding carboxylic acids is 3. The molecule has 32 heteroatoms. The molecule has 3 saturated heterocycles. The molecule has 3 amide bonds. The SMILES string of the molecule is [C-]#[N+]c1cc2c(-c3cncc(C)c3Cl)cn(C3CCC(=O)N(C)C3)c2cc1C.[C-]#[N+]c1cc2c(-c3cncc(C)c3Cl)cn(C3CCC(N)CC3)c2cc1C.[C-]#[N+]c1cc2c(-c3cncc(C)c3Cl)cn(C3CCC(NC(C)=O)CC3)c2cc1C.[C-]#[N+]c1cc2c(-c3cncc(C)c3Cl)cn(C3CCN(S(C)(=O)=O)CC3)c2cc1C.[C-]#[N+]c1cc2c(-c3cncc(N)c3Cl)cn(C3CCCN(C(C)=O)C3)c2cc1C. The number of aromatic nitrogens is 10. The molecule has 10 aromatic heterocycles. The van der Waals surface area contributed by atoms with Gasteiger partial charge in [0.1, 0.15) is 0 Å². The molecule has 0 bridgehead atoms. The highest BCUT2D eigenvalue weighted by atomic mass is 35.5. The largest absolute Gasteiger partial charge is 0.396 e. The van der Waals surface area contributed by atoms with Gasteiger partial charge in [0.15, 0.2) is 28.4 Å². The van der Waals surface area contributed by atoms with Crippen molar-refractivity contribution in [3.05, 3.63) is 286 Å². The minimum Gasteiger partial charge on any atom is -0.396 e. The normalized spacial score (nSPS) is 17.8. The molecule has 26 nitrogen and oxygen atoms in total. The van der Waals surface area contributed by atoms with Gasteiger partial charge in [-0.2, -0.15) is 0 Å². The molecular formula is C112H114Cl5N21O5S. The molecule has 5 fully saturated rings. The fraction of sp³-hybridized carbons (Fsp3) is 0.348. The molecule has 2 aliphatic carbocycles. The van der Waals surface area contributed by atoms with Crippen molar-refractivity contribution in [2.45, 2.75) is 208 Å². The molecule has 144 heavy (non-hydrogen) atoms. The number of likely N-dealkylation sites (tertiary alicyclic amines) is 2. The first-order valence-corrected chi connectivity index (χ1v) is 52.0. The van der Waals surface area contributed by atoms with Crippen LogP contribution < -0.4 is 16.8 Å². The van der Waals surface area contributed by atoms with Gasteiger partial charge in [0, 0.05) is 260 Å². The number of carbonyl (C=O) groups is 3. The molecule has 2 unspecified atom stereocenters. The van der Waals surface area contributed by atoms with E-state index >= 15 is 0 Å². The van der Waals surface area contributed by atoms with Crippen LogP contribution in [-0.2, 0) is 24.4 Å². The van der Waals surface area contributed by atoms with Gasteiger partial charge in [-0.25, -0.2) is 36.9 Å². The van der Waals surface area contributed by atoms with Crippen molar-refractivity contribution in [1.82, 2.24) is 67.2 Å². The first kappa shape index (κ1) is 103. The average Bonchev–Trinajstić information content (AvgIpc) is 1.62. The summed E-state index contributed by atoms with van der Waals surface area (Å²) in [5.41, 5.74) is 38.8. The number of pyridine rings is 5. The maximum absolute atomic E-state index is 11.9. The van der Waals surface area contributed by atoms with Crippen molar-refractivity contribution in [2.75, 3.05) is 51.8 Å². The average molecular weight is 2040 g/mol. The summed E-state index contributed by atoms with van der Waals surface area (Å²) in [5.74, 6) is 0.322. The fourth-order valence-electron chi connectivity index (χ4n) is 21.0. The Bertz CT molecular complexity index is 7950. The van der Waals surface area contributed by atoms with Gasteiger partial charge in [-0.3, -0.25) is 39.3 Å². The number of nitrogen functional groups attached to an aromatic ring is 1. The van der Waals surface area contributed by atoms with E-state index in [2.05, 4.69) is 126 Å². The van der Waals surface area contributed by atoms with Crippen LogP contribution in [0.15, 0.2) is 154 Å². The van der Waals surface area contributed by atoms with E-state index in [9.17, 15) is 22.8 Å². The van der Waals surface area contributed by atoms with E-state index in [4.69, 9.17) is 102 Å². The van der Waals surface area contributed by atoms with Crippen molar-refractivity contribution >= 4 is 174 Å². The fourth-order valence-corrected chi connectivity index (χ4v) is 22.9. The number of anilines is 1. The lowest BCUT2D eigenvalue weighted by Gasteiger charge is -2.33. The van der Waals surface area contributed by atoms with E-state index in [0.29, 0.717) is 105 Å². The number of fused-ring (bicyclic) bond motifs is 5. The van der Waals surface area contributed by atoms with Crippen LogP contribution in [0.4, 0.5) is 34.1 Å². The third kappa shape index (κ3) is 21.3. The number of sulfonamides is 1. The number of nitrogens with two attached hydrogens (primary N) is 2. The number of aryl methyl sites for hydroxylation is 9. The van der Waals surface area contributed by atoms with Crippen molar-refractivity contribution < 1.29 is 22.8 Å². The van der Waals surface area contributed by atoms with Gasteiger partial charge in [-0.05, 0) is 283 Å². The molecule has 0 radical (unpaired) electrons. The number of benzene rings is 5. The standard InChI is InChI=1S/C24H25ClN4O.C22H22ClN5O.C22H23ClN4O2S.C22H21ClN4O.C22H23ClN4/c1-14-9-23-19(10-22(14)26-4)21(20-12-27-11-15(2)24(20)25)13-29(23)18-7-5-17(6-8-18)28-16(3)30;1-13-7-21-16(8-20(13)25-3)18(17-9-26-10-19(24)22(17)23)12-28(21)15-5-4-6-27(11-15)14(2)29;1-14-9-21-17(10-20(14)24-3)19(18-12-25-11-15(2)22(18)23)13-27(21)16-5-7-26(8-6-16)30(4,28)29;1-13-7-20-16(8-19(13)24-3)18(17-10-25-9-14(2)22(17)23)12-27(20)15-5-6-21(28)26(4)11-15;1-13-8-21-17(9-20(13)25-3)19(18-11-26-10-14(2)22(18)23)12-27(21)16-6-4-15(24)5-7-16/h9-13,17-18H,5-8H2,1-3H3,(H,28,30);7-10,12,15H,4-6,11,24H2,1-2H3;9-13,16H,5-8H2,1-2,4H3;7-10,12,15H,5-6,11H2,1-2,4H3;8-12,15-16H,4-7,24H2,1-2H3. The van der Waals surface area contributed by atoms with Crippen molar-refractivity contribution in [2.24, 2.45) is 5.73 Å². The summed E-state index contributed by atoms with van der Waals surface area (Å²) >= 11 is 33.0. The number of rotatable bonds is 12. The van der Waals surface area contributed by atoms with Gasteiger partial charge in [0.2, 0.25) is 27.7 Å². The number of piperidine rings is 3. The Hall–Kier alpha value is -13.5. The van der Waals surface area contributed by atoms with Crippen LogP contribution in [0.3, 0.4) is 0 Å². The van der Waals surface area contributed by atoms with Gasteiger partial charge in [-0.15, -0.1) is 0 Å². The summed E-state index contributed by atoms with van der Waals surface area (Å²) < 4.78 is 36.7. The number of halogens is 5. The number of hydrogen-bond acceptors (Lipinski definition) is 12. The molecule has 5 aromatic carbocycles. The Kier molecular flexibility index (Phi) is 31.3. The molecule has 2 atom stereocenters. The molecule has 5 N–H and O–H groups in total. The van der Waals surface area contributed by atoms with E-state index in [-0.39, 0.29) is 41.9 Å². The molecule has 20 rings (SSSR count). The van der Waals surface area contributed by atoms with Crippen LogP contribution in [-0.4, -0.2) is 146 Å². The minimum atomic E-state index is -3.17. The Morgan fingerprint density at radius 1 is 0.382 bits per heavy atom. The molecule has 3 aliphatic heterocycles. The van der Waals surface area contributed by atoms with Crippen LogP contribution >= 0.6 is 58.0 Å². The third-order valence-electron chi connectivity index (χ3n) is 29.1. The van der Waals surface area contributed by atoms with Crippen molar-refractivity contribution in [3.63, 3.8) is 0 Å². The van der Waals surface area contributed by atoms with Crippen LogP contribution in [0.5, 0.6) is 0 Å². The number of amides is 3. The van der Waals surface area contributed by atoms with Crippen molar-refractivity contribution in [1.29, 1.82) is 0 Å². The number of nitrogens with zero attached hydrogens (tertiary/aromatic N) is 18. The molecule has 2 saturated carbocycles. The first-order chi connectivity index (χ1) is 68.9. The summed E-state index contributed by atoms with van der Waals surface area (Å²) in [5, 5.41) is 11.3. The summed E-state index contributed by atoms with van der Waals surface area (Å²) in [6.07, 6.45) is 42.3. The first-order valence-electron chi connectivity index (χ1n) is 48.3. The number of nitrogens with one attached hydrogen (secondary N) is 1. The van der Waals surface area contributed by atoms with Gasteiger partial charge in [0.05, 0.1) is 88.2 Å². The Labute approximate surface area is 865 Å². The maximum Gasteiger partial charge on any atom is 0.222 e. The van der Waals surface area contributed by atoms with E-state index in [1.54, 1.807) is 72.6 Å². The molecule has 13 heterocycles. The second kappa shape index (κ2) is 43.6. The summed E-state index contributed by atoms with van der Waals surface area (Å²) in [7, 11) is -1.32. The van der Waals surface area contributed by atoms with Crippen LogP contribution in [0.25, 0.3) is 134 Å². The quantitative estimate of drug-likeness (QED) is 0.0964. The maximum atomic E-state index is 11.9. The van der Waals surface area contributed by atoms with E-state index < -0.39 is 10.0 Å². The lowest BCUT2D eigenvalue weighted by molar-refractivity contribution is -0.133. The Morgan fingerprint density at radius 2 is 0.681 bits per heavy atom. The molecule has 5 aliphatic rings. The zero-order chi connectivity index (χ0) is 103. The molecule has 0 spiro atoms. The highest BCUT2D eigenvalue weighted by molar-refractivity contribution is 7.88.